The Balaban J connectivity index is 2.77. The molecular formula is C11H5F4N5O. The van der Waals surface area contributed by atoms with Crippen LogP contribution < -0.4 is 5.32 Å². The van der Waals surface area contributed by atoms with Crippen LogP contribution >= 0.6 is 0 Å². The largest absolute Gasteiger partial charge is 0.310 e. The highest BCUT2D eigenvalue weighted by atomic mass is 19.2. The highest BCUT2D eigenvalue weighted by Gasteiger charge is 2.26. The number of carbonyl (C=O) groups is 1. The molecule has 6 nitrogen and oxygen atoms in total. The van der Waals surface area contributed by atoms with Crippen LogP contribution in [0.5, 0.6) is 0 Å². The number of halogens is 4. The summed E-state index contributed by atoms with van der Waals surface area (Å²) in [6, 6.07) is 1.61. The number of pyridine rings is 1. The Morgan fingerprint density at radius 1 is 1.29 bits per heavy atom. The predicted molar refractivity (Wildman–Crippen MR) is 60.2 cm³/mol. The van der Waals surface area contributed by atoms with Gasteiger partial charge in [0, 0.05) is 6.92 Å². The molecule has 0 unspecified atom stereocenters. The van der Waals surface area contributed by atoms with Crippen LogP contribution in [0, 0.1) is 34.9 Å². The van der Waals surface area contributed by atoms with E-state index in [0.717, 1.165) is 13.1 Å². The van der Waals surface area contributed by atoms with Crippen molar-refractivity contribution in [1.29, 1.82) is 5.26 Å². The molecule has 0 aliphatic heterocycles. The maximum absolute atomic E-state index is 13.7. The van der Waals surface area contributed by atoms with Gasteiger partial charge in [-0.15, -0.1) is 0 Å². The smallest absolute Gasteiger partial charge is 0.254 e. The number of hydrogen-bond donors (Lipinski definition) is 1. The molecule has 0 aliphatic carbocycles. The van der Waals surface area contributed by atoms with Gasteiger partial charge in [0.2, 0.25) is 17.5 Å². The zero-order valence-corrected chi connectivity index (χ0v) is 10.3. The minimum absolute atomic E-state index is 0.248. The zero-order valence-electron chi connectivity index (χ0n) is 10.3. The molecule has 10 heteroatoms. The van der Waals surface area contributed by atoms with Crippen molar-refractivity contribution >= 4 is 11.7 Å². The van der Waals surface area contributed by atoms with Crippen molar-refractivity contribution in [3.63, 3.8) is 0 Å². The van der Waals surface area contributed by atoms with E-state index in [4.69, 9.17) is 5.26 Å². The van der Waals surface area contributed by atoms with Crippen molar-refractivity contribution in [1.82, 2.24) is 14.8 Å². The number of nitrogens with one attached hydrogen (secondary N) is 1. The van der Waals surface area contributed by atoms with Gasteiger partial charge in [-0.2, -0.15) is 32.9 Å². The van der Waals surface area contributed by atoms with E-state index in [0.29, 0.717) is 4.68 Å². The van der Waals surface area contributed by atoms with Crippen LogP contribution in [0.15, 0.2) is 6.20 Å². The van der Waals surface area contributed by atoms with Crippen LogP contribution in [0.2, 0.25) is 0 Å². The van der Waals surface area contributed by atoms with Gasteiger partial charge in [-0.3, -0.25) is 4.79 Å². The van der Waals surface area contributed by atoms with Crippen LogP contribution in [0.3, 0.4) is 0 Å². The van der Waals surface area contributed by atoms with E-state index in [1.165, 1.54) is 0 Å². The molecule has 0 saturated heterocycles. The van der Waals surface area contributed by atoms with Crippen molar-refractivity contribution in [2.45, 2.75) is 6.92 Å². The summed E-state index contributed by atoms with van der Waals surface area (Å²) >= 11 is 0. The second kappa shape index (κ2) is 5.20. The second-order valence-corrected chi connectivity index (χ2v) is 3.78. The molecular weight excluding hydrogens is 294 g/mol. The van der Waals surface area contributed by atoms with Crippen molar-refractivity contribution in [2.24, 2.45) is 0 Å². The van der Waals surface area contributed by atoms with E-state index in [-0.39, 0.29) is 5.56 Å². The monoisotopic (exact) mass is 299 g/mol. The molecule has 1 N–H and O–H groups in total. The van der Waals surface area contributed by atoms with Crippen LogP contribution in [-0.2, 0) is 4.79 Å². The zero-order chi connectivity index (χ0) is 15.7. The van der Waals surface area contributed by atoms with Crippen LogP contribution in [-0.4, -0.2) is 20.7 Å². The fraction of sp³-hybridized carbons (Fsp3) is 0.0909. The van der Waals surface area contributed by atoms with Gasteiger partial charge in [-0.05, 0) is 0 Å². The number of nitriles is 1. The average molecular weight is 299 g/mol. The highest BCUT2D eigenvalue weighted by Crippen LogP contribution is 2.26. The lowest BCUT2D eigenvalue weighted by Gasteiger charge is -2.10. The van der Waals surface area contributed by atoms with Gasteiger partial charge in [0.25, 0.3) is 11.9 Å². The number of hydrogen-bond acceptors (Lipinski definition) is 4. The van der Waals surface area contributed by atoms with Crippen LogP contribution in [0.25, 0.3) is 5.69 Å². The van der Waals surface area contributed by atoms with Gasteiger partial charge < -0.3 is 5.32 Å². The molecule has 0 atom stereocenters. The summed E-state index contributed by atoms with van der Waals surface area (Å²) in [5, 5.41) is 14.4. The van der Waals surface area contributed by atoms with E-state index in [9.17, 15) is 22.4 Å². The molecule has 0 spiro atoms. The lowest BCUT2D eigenvalue weighted by molar-refractivity contribution is -0.114. The Kier molecular flexibility index (Phi) is 3.58. The van der Waals surface area contributed by atoms with Crippen LogP contribution in [0.1, 0.15) is 12.5 Å². The third-order valence-electron chi connectivity index (χ3n) is 2.37. The Morgan fingerprint density at radius 2 is 1.86 bits per heavy atom. The fourth-order valence-electron chi connectivity index (χ4n) is 1.55. The van der Waals surface area contributed by atoms with E-state index in [1.807, 2.05) is 0 Å². The molecule has 2 heterocycles. The summed E-state index contributed by atoms with van der Waals surface area (Å²) in [7, 11) is 0. The number of carbonyl (C=O) groups excluding carboxylic acids is 1. The van der Waals surface area contributed by atoms with Gasteiger partial charge >= 0.3 is 0 Å². The van der Waals surface area contributed by atoms with E-state index < -0.39 is 40.9 Å². The average Bonchev–Trinajstić information content (AvgIpc) is 2.79. The first-order chi connectivity index (χ1) is 9.86. The maximum atomic E-state index is 13.7. The summed E-state index contributed by atoms with van der Waals surface area (Å²) in [6.07, 6.45) is 0.875. The summed E-state index contributed by atoms with van der Waals surface area (Å²) in [4.78, 5) is 13.5. The Labute approximate surface area is 114 Å². The normalized spacial score (nSPS) is 10.3. The second-order valence-electron chi connectivity index (χ2n) is 3.78. The van der Waals surface area contributed by atoms with E-state index >= 15 is 0 Å². The summed E-state index contributed by atoms with van der Waals surface area (Å²) in [6.45, 7) is 1.07. The number of nitrogens with zero attached hydrogens (tertiary/aromatic N) is 4. The summed E-state index contributed by atoms with van der Waals surface area (Å²) in [5.74, 6) is -8.49. The highest BCUT2D eigenvalue weighted by molar-refractivity contribution is 5.89. The molecule has 0 radical (unpaired) electrons. The van der Waals surface area contributed by atoms with Crippen molar-refractivity contribution in [3.05, 3.63) is 35.3 Å². The molecule has 0 fully saturated rings. The van der Waals surface area contributed by atoms with Gasteiger partial charge in [0.05, 0.1) is 6.20 Å². The quantitative estimate of drug-likeness (QED) is 0.675. The Morgan fingerprint density at radius 3 is 2.33 bits per heavy atom. The Bertz CT molecular complexity index is 754. The van der Waals surface area contributed by atoms with E-state index in [1.54, 1.807) is 6.07 Å². The van der Waals surface area contributed by atoms with E-state index in [2.05, 4.69) is 15.4 Å². The van der Waals surface area contributed by atoms with Crippen molar-refractivity contribution in [3.8, 4) is 11.8 Å². The third-order valence-corrected chi connectivity index (χ3v) is 2.37. The molecule has 2 rings (SSSR count). The first-order valence-electron chi connectivity index (χ1n) is 5.32. The fourth-order valence-corrected chi connectivity index (χ4v) is 1.55. The molecule has 0 saturated carbocycles. The first-order valence-corrected chi connectivity index (χ1v) is 5.32. The summed E-state index contributed by atoms with van der Waals surface area (Å²) in [5.41, 5.74) is -1.48. The van der Waals surface area contributed by atoms with Crippen molar-refractivity contribution < 1.29 is 22.4 Å². The third kappa shape index (κ3) is 2.40. The number of rotatable bonds is 2. The molecule has 2 aromatic heterocycles. The molecule has 21 heavy (non-hydrogen) atoms. The minimum Gasteiger partial charge on any atom is -0.310 e. The Hall–Kier alpha value is -2.96. The molecule has 1 amide bonds. The van der Waals surface area contributed by atoms with Crippen molar-refractivity contribution in [2.75, 3.05) is 5.32 Å². The molecule has 0 aliphatic rings. The lowest BCUT2D eigenvalue weighted by atomic mass is 10.3. The van der Waals surface area contributed by atoms with Gasteiger partial charge in [-0.25, -0.2) is 4.68 Å². The first kappa shape index (κ1) is 14.4. The standard InChI is InChI=1S/C11H5F4N5O/c1-4(21)18-11-5(2-16)3-17-20(11)8-6(12)9(14)19-10(15)7(8)13/h3H,1H3,(H,18,21). The lowest BCUT2D eigenvalue weighted by Crippen LogP contribution is -2.16. The summed E-state index contributed by atoms with van der Waals surface area (Å²) < 4.78 is 53.9. The predicted octanol–water partition coefficient (Wildman–Crippen LogP) is 1.65. The minimum atomic E-state index is -1.88. The van der Waals surface area contributed by atoms with Gasteiger partial charge in [-0.1, -0.05) is 0 Å². The number of aromatic nitrogens is 3. The molecule has 0 aromatic carbocycles. The topological polar surface area (TPSA) is 83.6 Å². The SMILES string of the molecule is CC(=O)Nc1c(C#N)cnn1-c1c(F)c(F)nc(F)c1F. The van der Waals surface area contributed by atoms with Crippen LogP contribution in [0.4, 0.5) is 23.4 Å². The number of anilines is 1. The molecule has 0 bridgehead atoms. The van der Waals surface area contributed by atoms with Gasteiger partial charge in [0.1, 0.15) is 17.3 Å². The molecule has 2 aromatic rings. The molecule has 108 valence electrons. The number of amides is 1. The maximum Gasteiger partial charge on any atom is 0.254 e. The van der Waals surface area contributed by atoms with Gasteiger partial charge in [0.15, 0.2) is 5.82 Å².